The van der Waals surface area contributed by atoms with Gasteiger partial charge in [0.05, 0.1) is 17.9 Å². The molecule has 8 nitrogen and oxygen atoms in total. The van der Waals surface area contributed by atoms with Crippen LogP contribution in [0.25, 0.3) is 22.0 Å². The number of nitrogens with zero attached hydrogens (tertiary/aromatic N) is 4. The van der Waals surface area contributed by atoms with Gasteiger partial charge in [-0.2, -0.15) is 5.10 Å². The quantitative estimate of drug-likeness (QED) is 0.386. The van der Waals surface area contributed by atoms with Crippen molar-refractivity contribution in [3.8, 4) is 11.3 Å². The zero-order valence-electron chi connectivity index (χ0n) is 19.7. The largest absolute Gasteiger partial charge is 0.311 e. The molecular formula is C27H24N6O2S. The van der Waals surface area contributed by atoms with Gasteiger partial charge in [-0.1, -0.05) is 18.2 Å². The number of hydrogen-bond donors (Lipinski definition) is 2. The highest BCUT2D eigenvalue weighted by atomic mass is 32.1. The number of rotatable bonds is 5. The Morgan fingerprint density at radius 2 is 2.08 bits per heavy atom. The summed E-state index contributed by atoms with van der Waals surface area (Å²) in [5.74, 6) is -0.204. The number of amides is 1. The number of benzene rings is 2. The summed E-state index contributed by atoms with van der Waals surface area (Å²) in [5.41, 5.74) is 4.35. The first-order valence-corrected chi connectivity index (χ1v) is 12.6. The Balaban J connectivity index is 1.22. The smallest absolute Gasteiger partial charge is 0.258 e. The van der Waals surface area contributed by atoms with E-state index in [9.17, 15) is 9.59 Å². The number of nitrogens with one attached hydrogen (secondary N) is 2. The molecular weight excluding hydrogens is 472 g/mol. The summed E-state index contributed by atoms with van der Waals surface area (Å²) in [7, 11) is 1.90. The Morgan fingerprint density at radius 3 is 2.92 bits per heavy atom. The highest BCUT2D eigenvalue weighted by Crippen LogP contribution is 2.26. The van der Waals surface area contributed by atoms with Crippen molar-refractivity contribution >= 4 is 33.1 Å². The van der Waals surface area contributed by atoms with Gasteiger partial charge in [0.25, 0.3) is 11.5 Å². The fourth-order valence-corrected chi connectivity index (χ4v) is 5.56. The molecule has 3 aromatic heterocycles. The predicted molar refractivity (Wildman–Crippen MR) is 141 cm³/mol. The molecule has 0 saturated heterocycles. The van der Waals surface area contributed by atoms with Crippen molar-refractivity contribution in [2.24, 2.45) is 7.05 Å². The van der Waals surface area contributed by atoms with Crippen molar-refractivity contribution in [3.05, 3.63) is 99.0 Å². The lowest BCUT2D eigenvalue weighted by Crippen LogP contribution is -2.22. The molecule has 0 bridgehead atoms. The number of carbonyl (C=O) groups is 1. The second-order valence-corrected chi connectivity index (χ2v) is 9.94. The second kappa shape index (κ2) is 9.18. The maximum Gasteiger partial charge on any atom is 0.258 e. The molecule has 2 N–H and O–H groups in total. The molecule has 0 aliphatic carbocycles. The van der Waals surface area contributed by atoms with Crippen LogP contribution in [0.3, 0.4) is 0 Å². The number of pyridine rings is 1. The molecule has 1 amide bonds. The van der Waals surface area contributed by atoms with Crippen molar-refractivity contribution < 1.29 is 4.79 Å². The summed E-state index contributed by atoms with van der Waals surface area (Å²) in [6, 6.07) is 17.1. The van der Waals surface area contributed by atoms with E-state index in [0.717, 1.165) is 47.4 Å². The van der Waals surface area contributed by atoms with E-state index in [1.165, 1.54) is 16.2 Å². The molecule has 1 aliphatic heterocycles. The second-order valence-electron chi connectivity index (χ2n) is 8.86. The van der Waals surface area contributed by atoms with Crippen LogP contribution in [0.5, 0.6) is 0 Å². The molecule has 9 heteroatoms. The molecule has 0 spiro atoms. The molecule has 1 aliphatic rings. The number of carbonyl (C=O) groups excluding carboxylic acids is 1. The monoisotopic (exact) mass is 496 g/mol. The van der Waals surface area contributed by atoms with Crippen LogP contribution in [0, 0.1) is 0 Å². The third-order valence-corrected chi connectivity index (χ3v) is 7.53. The molecule has 0 radical (unpaired) electrons. The number of fused-ring (bicyclic) bond motifs is 2. The van der Waals surface area contributed by atoms with Crippen LogP contribution in [0.4, 0.5) is 5.13 Å². The van der Waals surface area contributed by atoms with Crippen molar-refractivity contribution in [1.29, 1.82) is 0 Å². The number of anilines is 1. The maximum absolute atomic E-state index is 13.2. The summed E-state index contributed by atoms with van der Waals surface area (Å²) in [6.45, 7) is 2.04. The van der Waals surface area contributed by atoms with Gasteiger partial charge in [0, 0.05) is 53.9 Å². The number of aromatic nitrogens is 4. The van der Waals surface area contributed by atoms with E-state index in [2.05, 4.69) is 20.7 Å². The van der Waals surface area contributed by atoms with E-state index in [1.54, 1.807) is 23.0 Å². The lowest BCUT2D eigenvalue weighted by Gasteiger charge is -2.10. The van der Waals surface area contributed by atoms with Gasteiger partial charge in [-0.05, 0) is 53.8 Å². The summed E-state index contributed by atoms with van der Waals surface area (Å²) < 4.78 is 3.48. The Hall–Kier alpha value is -4.08. The van der Waals surface area contributed by atoms with Crippen molar-refractivity contribution in [1.82, 2.24) is 24.6 Å². The average Bonchev–Trinajstić information content (AvgIpc) is 3.51. The van der Waals surface area contributed by atoms with Crippen molar-refractivity contribution in [2.75, 3.05) is 11.9 Å². The van der Waals surface area contributed by atoms with Gasteiger partial charge in [-0.15, -0.1) is 11.3 Å². The molecule has 0 unspecified atom stereocenters. The molecule has 5 aromatic rings. The van der Waals surface area contributed by atoms with E-state index in [4.69, 9.17) is 0 Å². The first kappa shape index (κ1) is 22.4. The van der Waals surface area contributed by atoms with Crippen molar-refractivity contribution in [2.45, 2.75) is 19.5 Å². The van der Waals surface area contributed by atoms with Crippen LogP contribution in [-0.4, -0.2) is 31.8 Å². The fraction of sp³-hybridized carbons (Fsp3) is 0.185. The lowest BCUT2D eigenvalue weighted by molar-refractivity contribution is 0.102. The Kier molecular flexibility index (Phi) is 5.71. The van der Waals surface area contributed by atoms with Crippen LogP contribution in [-0.2, 0) is 26.6 Å². The fourth-order valence-electron chi connectivity index (χ4n) is 4.58. The van der Waals surface area contributed by atoms with E-state index in [0.29, 0.717) is 22.6 Å². The summed E-state index contributed by atoms with van der Waals surface area (Å²) in [4.78, 5) is 31.9. The van der Waals surface area contributed by atoms with Crippen LogP contribution >= 0.6 is 11.3 Å². The van der Waals surface area contributed by atoms with Gasteiger partial charge in [0.15, 0.2) is 5.13 Å². The highest BCUT2D eigenvalue weighted by Gasteiger charge is 2.17. The van der Waals surface area contributed by atoms with Gasteiger partial charge in [0.2, 0.25) is 0 Å². The Bertz CT molecular complexity index is 1640. The first-order chi connectivity index (χ1) is 17.5. The van der Waals surface area contributed by atoms with Crippen LogP contribution in [0.2, 0.25) is 0 Å². The SMILES string of the molecule is Cn1nccc1-c1ccc2c(=O)n(Cc3cccc(C(=O)Nc4nc5c(s4)CCNC5)c3)ccc2c1. The third-order valence-electron chi connectivity index (χ3n) is 6.46. The number of aryl methyl sites for hydroxylation is 1. The first-order valence-electron chi connectivity index (χ1n) is 11.8. The molecule has 0 fully saturated rings. The molecule has 4 heterocycles. The predicted octanol–water partition coefficient (Wildman–Crippen LogP) is 3.80. The molecule has 0 atom stereocenters. The maximum atomic E-state index is 13.2. The van der Waals surface area contributed by atoms with E-state index in [1.807, 2.05) is 60.3 Å². The van der Waals surface area contributed by atoms with Gasteiger partial charge in [0.1, 0.15) is 0 Å². The van der Waals surface area contributed by atoms with Gasteiger partial charge in [-0.25, -0.2) is 4.98 Å². The minimum absolute atomic E-state index is 0.0686. The van der Waals surface area contributed by atoms with Crippen molar-refractivity contribution in [3.63, 3.8) is 0 Å². The molecule has 2 aromatic carbocycles. The Morgan fingerprint density at radius 1 is 1.17 bits per heavy atom. The van der Waals surface area contributed by atoms with Gasteiger partial charge < -0.3 is 9.88 Å². The summed E-state index contributed by atoms with van der Waals surface area (Å²) in [5, 5.41) is 12.6. The minimum atomic E-state index is -0.204. The van der Waals surface area contributed by atoms with Gasteiger partial charge >= 0.3 is 0 Å². The lowest BCUT2D eigenvalue weighted by atomic mass is 10.1. The molecule has 6 rings (SSSR count). The minimum Gasteiger partial charge on any atom is -0.311 e. The van der Waals surface area contributed by atoms with Crippen LogP contribution in [0.15, 0.2) is 71.8 Å². The number of hydrogen-bond acceptors (Lipinski definition) is 6. The van der Waals surface area contributed by atoms with Crippen LogP contribution < -0.4 is 16.2 Å². The van der Waals surface area contributed by atoms with E-state index >= 15 is 0 Å². The summed E-state index contributed by atoms with van der Waals surface area (Å²) >= 11 is 1.54. The highest BCUT2D eigenvalue weighted by molar-refractivity contribution is 7.15. The molecule has 0 saturated carbocycles. The normalized spacial score (nSPS) is 13.0. The Labute approximate surface area is 211 Å². The van der Waals surface area contributed by atoms with Crippen LogP contribution in [0.1, 0.15) is 26.5 Å². The number of thiazole rings is 1. The standard InChI is InChI=1S/C27H24N6O2S/c1-32-23(7-11-29-32)19-5-6-21-18(14-19)9-12-33(26(21)35)16-17-3-2-4-20(13-17)25(34)31-27-30-22-15-28-10-8-24(22)36-27/h2-7,9,11-14,28H,8,10,15-16H2,1H3,(H,30,31,34). The topological polar surface area (TPSA) is 93.8 Å². The van der Waals surface area contributed by atoms with E-state index in [-0.39, 0.29) is 11.5 Å². The zero-order chi connectivity index (χ0) is 24.6. The molecule has 36 heavy (non-hydrogen) atoms. The van der Waals surface area contributed by atoms with E-state index < -0.39 is 0 Å². The third kappa shape index (κ3) is 4.23. The van der Waals surface area contributed by atoms with Gasteiger partial charge in [-0.3, -0.25) is 19.6 Å². The summed E-state index contributed by atoms with van der Waals surface area (Å²) in [6.07, 6.45) is 4.50. The molecule has 180 valence electrons. The zero-order valence-corrected chi connectivity index (χ0v) is 20.5. The average molecular weight is 497 g/mol.